The van der Waals surface area contributed by atoms with Gasteiger partial charge in [0, 0.05) is 13.0 Å². The van der Waals surface area contributed by atoms with Gasteiger partial charge in [-0.3, -0.25) is 19.0 Å². The first-order chi connectivity index (χ1) is 17.9. The van der Waals surface area contributed by atoms with Gasteiger partial charge in [0.2, 0.25) is 11.8 Å². The first-order valence-electron chi connectivity index (χ1n) is 13.7. The summed E-state index contributed by atoms with van der Waals surface area (Å²) in [6.07, 6.45) is 13.3. The molecular formula is C28H42N4O5. The van der Waals surface area contributed by atoms with Gasteiger partial charge in [0.05, 0.1) is 29.3 Å². The zero-order valence-electron chi connectivity index (χ0n) is 22.3. The van der Waals surface area contributed by atoms with E-state index in [1.54, 1.807) is 0 Å². The fourth-order valence-corrected chi connectivity index (χ4v) is 4.21. The minimum atomic E-state index is -1.14. The molecule has 0 radical (unpaired) electrons. The van der Waals surface area contributed by atoms with E-state index in [-0.39, 0.29) is 29.3 Å². The van der Waals surface area contributed by atoms with E-state index in [9.17, 15) is 24.3 Å². The van der Waals surface area contributed by atoms with Crippen LogP contribution in [-0.4, -0.2) is 45.0 Å². The van der Waals surface area contributed by atoms with E-state index < -0.39 is 17.6 Å². The number of carboxylic acids is 1. The Bertz CT molecular complexity index is 1080. The maximum absolute atomic E-state index is 13.1. The number of rotatable bonds is 18. The molecule has 2 amide bonds. The molecule has 37 heavy (non-hydrogen) atoms. The summed E-state index contributed by atoms with van der Waals surface area (Å²) < 4.78 is 1.25. The van der Waals surface area contributed by atoms with Gasteiger partial charge in [-0.2, -0.15) is 0 Å². The summed E-state index contributed by atoms with van der Waals surface area (Å²) in [5.74, 6) is -1.72. The molecule has 0 spiro atoms. The van der Waals surface area contributed by atoms with E-state index in [1.165, 1.54) is 54.8 Å². The number of carboxylic acid groups (broad SMARTS) is 1. The van der Waals surface area contributed by atoms with E-state index in [1.807, 2.05) is 0 Å². The van der Waals surface area contributed by atoms with Crippen LogP contribution in [0.3, 0.4) is 0 Å². The fourth-order valence-electron chi connectivity index (χ4n) is 4.21. The number of unbranched alkanes of at least 4 members (excludes halogenated alkanes) is 9. The Morgan fingerprint density at radius 1 is 0.946 bits per heavy atom. The van der Waals surface area contributed by atoms with Gasteiger partial charge >= 0.3 is 5.97 Å². The molecule has 0 unspecified atom stereocenters. The van der Waals surface area contributed by atoms with Gasteiger partial charge in [0.15, 0.2) is 0 Å². The number of hydrogen-bond acceptors (Lipinski definition) is 5. The van der Waals surface area contributed by atoms with Crippen LogP contribution in [0.15, 0.2) is 29.3 Å². The van der Waals surface area contributed by atoms with Gasteiger partial charge in [0.25, 0.3) is 5.56 Å². The van der Waals surface area contributed by atoms with Crippen molar-refractivity contribution in [1.82, 2.24) is 20.2 Å². The van der Waals surface area contributed by atoms with Crippen LogP contribution in [0.25, 0.3) is 10.9 Å². The maximum Gasteiger partial charge on any atom is 0.335 e. The highest BCUT2D eigenvalue weighted by Crippen LogP contribution is 2.11. The van der Waals surface area contributed by atoms with Crippen molar-refractivity contribution in [2.75, 3.05) is 6.54 Å². The summed E-state index contributed by atoms with van der Waals surface area (Å²) in [4.78, 5) is 54.3. The molecule has 1 atom stereocenters. The van der Waals surface area contributed by atoms with Crippen LogP contribution in [0.5, 0.6) is 0 Å². The van der Waals surface area contributed by atoms with Gasteiger partial charge in [-0.25, -0.2) is 9.78 Å². The van der Waals surface area contributed by atoms with Crippen molar-refractivity contribution >= 4 is 28.7 Å². The summed E-state index contributed by atoms with van der Waals surface area (Å²) in [6, 6.07) is 3.21. The minimum Gasteiger partial charge on any atom is -0.478 e. The molecule has 0 saturated carbocycles. The summed E-state index contributed by atoms with van der Waals surface area (Å²) >= 11 is 0. The highest BCUT2D eigenvalue weighted by molar-refractivity contribution is 5.93. The molecule has 1 aromatic carbocycles. The molecule has 204 valence electrons. The number of fused-ring (bicyclic) bond motifs is 1. The predicted molar refractivity (Wildman–Crippen MR) is 145 cm³/mol. The Morgan fingerprint density at radius 3 is 2.27 bits per heavy atom. The second kappa shape index (κ2) is 16.5. The average Bonchev–Trinajstić information content (AvgIpc) is 2.88. The normalized spacial score (nSPS) is 11.8. The first kappa shape index (κ1) is 30.0. The lowest BCUT2D eigenvalue weighted by Gasteiger charge is -2.20. The number of nitrogens with zero attached hydrogens (tertiary/aromatic N) is 2. The quantitative estimate of drug-likeness (QED) is 0.253. The van der Waals surface area contributed by atoms with Crippen molar-refractivity contribution < 1.29 is 19.5 Å². The van der Waals surface area contributed by atoms with Crippen LogP contribution < -0.4 is 16.2 Å². The fraction of sp³-hybridized carbons (Fsp3) is 0.607. The number of hydrogen-bond donors (Lipinski definition) is 3. The summed E-state index contributed by atoms with van der Waals surface area (Å²) in [5, 5.41) is 15.1. The third-order valence-electron chi connectivity index (χ3n) is 6.44. The SMILES string of the molecule is CCCCCCCCCC(=O)N[C@@H](Cn1cnc2ccc(C(=O)O)cc2c1=O)C(=O)NCCCCCC. The third-order valence-corrected chi connectivity index (χ3v) is 6.44. The number of carbonyl (C=O) groups excluding carboxylic acids is 2. The molecule has 2 rings (SSSR count). The van der Waals surface area contributed by atoms with Crippen molar-refractivity contribution in [3.05, 3.63) is 40.4 Å². The molecule has 0 fully saturated rings. The van der Waals surface area contributed by atoms with Gasteiger partial charge in [-0.15, -0.1) is 0 Å². The summed E-state index contributed by atoms with van der Waals surface area (Å²) in [5.41, 5.74) is -0.116. The molecule has 9 nitrogen and oxygen atoms in total. The average molecular weight is 515 g/mol. The Hall–Kier alpha value is -3.23. The standard InChI is InChI=1S/C28H42N4O5/c1-3-5-7-9-10-11-12-14-25(33)31-24(26(34)29-17-13-8-6-4-2)19-32-20-30-23-16-15-21(28(36)37)18-22(23)27(32)35/h15-16,18,20,24H,3-14,17,19H2,1-2H3,(H,29,34)(H,31,33)(H,36,37)/t24-/m0/s1. The zero-order valence-corrected chi connectivity index (χ0v) is 22.3. The number of nitrogens with one attached hydrogen (secondary N) is 2. The Labute approximate surface area is 219 Å². The van der Waals surface area contributed by atoms with E-state index in [4.69, 9.17) is 0 Å². The van der Waals surface area contributed by atoms with Gasteiger partial charge in [-0.1, -0.05) is 71.6 Å². The second-order valence-electron chi connectivity index (χ2n) is 9.58. The van der Waals surface area contributed by atoms with Crippen LogP contribution in [0, 0.1) is 0 Å². The van der Waals surface area contributed by atoms with Crippen molar-refractivity contribution in [3.63, 3.8) is 0 Å². The largest absolute Gasteiger partial charge is 0.478 e. The number of aromatic nitrogens is 2. The number of carbonyl (C=O) groups is 3. The van der Waals surface area contributed by atoms with E-state index in [0.717, 1.165) is 44.9 Å². The molecule has 0 bridgehead atoms. The maximum atomic E-state index is 13.1. The highest BCUT2D eigenvalue weighted by Gasteiger charge is 2.22. The lowest BCUT2D eigenvalue weighted by atomic mass is 10.1. The number of benzene rings is 1. The molecule has 1 aromatic heterocycles. The van der Waals surface area contributed by atoms with Gasteiger partial charge < -0.3 is 15.7 Å². The lowest BCUT2D eigenvalue weighted by molar-refractivity contribution is -0.129. The van der Waals surface area contributed by atoms with Crippen LogP contribution in [0.1, 0.15) is 101 Å². The molecule has 9 heteroatoms. The molecule has 0 aliphatic rings. The molecule has 0 saturated heterocycles. The lowest BCUT2D eigenvalue weighted by Crippen LogP contribution is -2.50. The van der Waals surface area contributed by atoms with Crippen molar-refractivity contribution in [2.24, 2.45) is 0 Å². The topological polar surface area (TPSA) is 130 Å². The number of amides is 2. The molecule has 0 aliphatic carbocycles. The van der Waals surface area contributed by atoms with E-state index >= 15 is 0 Å². The Balaban J connectivity index is 2.08. The van der Waals surface area contributed by atoms with Crippen LogP contribution >= 0.6 is 0 Å². The zero-order chi connectivity index (χ0) is 27.0. The highest BCUT2D eigenvalue weighted by atomic mass is 16.4. The van der Waals surface area contributed by atoms with Gasteiger partial charge in [-0.05, 0) is 31.0 Å². The first-order valence-corrected chi connectivity index (χ1v) is 13.7. The molecular weight excluding hydrogens is 472 g/mol. The molecule has 0 aliphatic heterocycles. The minimum absolute atomic E-state index is 0.0199. The van der Waals surface area contributed by atoms with Crippen LogP contribution in [0.2, 0.25) is 0 Å². The third kappa shape index (κ3) is 10.3. The Kier molecular flexibility index (Phi) is 13.4. The summed E-state index contributed by atoms with van der Waals surface area (Å²) in [6.45, 7) is 4.69. The predicted octanol–water partition coefficient (Wildman–Crippen LogP) is 4.42. The second-order valence-corrected chi connectivity index (χ2v) is 9.58. The smallest absolute Gasteiger partial charge is 0.335 e. The number of aromatic carboxylic acids is 1. The monoisotopic (exact) mass is 514 g/mol. The molecule has 2 aromatic rings. The molecule has 1 heterocycles. The van der Waals surface area contributed by atoms with Crippen molar-refractivity contribution in [3.8, 4) is 0 Å². The van der Waals surface area contributed by atoms with E-state index in [0.29, 0.717) is 18.5 Å². The van der Waals surface area contributed by atoms with Crippen LogP contribution in [0.4, 0.5) is 0 Å². The Morgan fingerprint density at radius 2 is 1.59 bits per heavy atom. The van der Waals surface area contributed by atoms with E-state index in [2.05, 4.69) is 29.5 Å². The van der Waals surface area contributed by atoms with Crippen molar-refractivity contribution in [2.45, 2.75) is 103 Å². The van der Waals surface area contributed by atoms with Crippen molar-refractivity contribution in [1.29, 1.82) is 0 Å². The molecule has 3 N–H and O–H groups in total. The van der Waals surface area contributed by atoms with Crippen LogP contribution in [-0.2, 0) is 16.1 Å². The summed E-state index contributed by atoms with van der Waals surface area (Å²) in [7, 11) is 0. The van der Waals surface area contributed by atoms with Gasteiger partial charge in [0.1, 0.15) is 6.04 Å².